The van der Waals surface area contributed by atoms with Crippen LogP contribution < -0.4 is 0 Å². The van der Waals surface area contributed by atoms with Gasteiger partial charge >= 0.3 is 12.1 Å². The van der Waals surface area contributed by atoms with Crippen molar-refractivity contribution in [2.45, 2.75) is 38.0 Å². The van der Waals surface area contributed by atoms with Crippen molar-refractivity contribution < 1.29 is 27.8 Å². The number of aliphatic hydroxyl groups excluding tert-OH is 1. The number of carbonyl (C=O) groups is 1. The molecule has 0 heterocycles. The van der Waals surface area contributed by atoms with Gasteiger partial charge in [0.05, 0.1) is 13.0 Å². The Hall–Kier alpha value is -0.780. The van der Waals surface area contributed by atoms with Gasteiger partial charge in [0, 0.05) is 0 Å². The number of hydrogen-bond acceptors (Lipinski definition) is 3. The average molecular weight is 240 g/mol. The number of rotatable bonds is 2. The van der Waals surface area contributed by atoms with Crippen molar-refractivity contribution in [2.24, 2.45) is 11.8 Å². The zero-order valence-corrected chi connectivity index (χ0v) is 8.96. The molecule has 0 amide bonds. The fourth-order valence-electron chi connectivity index (χ4n) is 2.12. The molecular formula is C10H15F3O3. The first-order valence-electron chi connectivity index (χ1n) is 5.19. The first-order chi connectivity index (χ1) is 7.36. The van der Waals surface area contributed by atoms with E-state index in [1.165, 1.54) is 0 Å². The first-order valence-corrected chi connectivity index (χ1v) is 5.19. The molecule has 3 unspecified atom stereocenters. The SMILES string of the molecule is COC(=O)C(O)C1CCCC(C(F)(F)F)C1. The van der Waals surface area contributed by atoms with E-state index in [0.29, 0.717) is 12.8 Å². The van der Waals surface area contributed by atoms with Gasteiger partial charge in [0.25, 0.3) is 0 Å². The van der Waals surface area contributed by atoms with E-state index in [1.54, 1.807) is 0 Å². The standard InChI is InChI=1S/C10H15F3O3/c1-16-9(15)8(14)6-3-2-4-7(5-6)10(11,12)13/h6-8,14H,2-5H2,1H3. The van der Waals surface area contributed by atoms with Gasteiger partial charge in [0.1, 0.15) is 0 Å². The molecule has 3 nitrogen and oxygen atoms in total. The van der Waals surface area contributed by atoms with Crippen molar-refractivity contribution >= 4 is 5.97 Å². The van der Waals surface area contributed by atoms with E-state index in [1.807, 2.05) is 0 Å². The Morgan fingerprint density at radius 1 is 1.44 bits per heavy atom. The number of aliphatic hydroxyl groups is 1. The lowest BCUT2D eigenvalue weighted by Crippen LogP contribution is -2.37. The molecule has 0 aromatic heterocycles. The van der Waals surface area contributed by atoms with Crippen molar-refractivity contribution in [3.05, 3.63) is 0 Å². The van der Waals surface area contributed by atoms with Gasteiger partial charge in [-0.1, -0.05) is 6.42 Å². The number of ether oxygens (including phenoxy) is 1. The Balaban J connectivity index is 2.60. The molecule has 0 saturated heterocycles. The Kier molecular flexibility index (Phi) is 4.18. The molecule has 0 spiro atoms. The van der Waals surface area contributed by atoms with E-state index in [4.69, 9.17) is 0 Å². The van der Waals surface area contributed by atoms with Crippen LogP contribution in [0.1, 0.15) is 25.7 Å². The summed E-state index contributed by atoms with van der Waals surface area (Å²) in [4.78, 5) is 11.0. The number of alkyl halides is 3. The Morgan fingerprint density at radius 2 is 2.06 bits per heavy atom. The third-order valence-electron chi connectivity index (χ3n) is 3.07. The molecule has 1 saturated carbocycles. The zero-order chi connectivity index (χ0) is 12.3. The largest absolute Gasteiger partial charge is 0.467 e. The molecule has 1 N–H and O–H groups in total. The van der Waals surface area contributed by atoms with Crippen LogP contribution in [-0.2, 0) is 9.53 Å². The van der Waals surface area contributed by atoms with Crippen LogP contribution in [0, 0.1) is 11.8 Å². The Bertz CT molecular complexity index is 252. The van der Waals surface area contributed by atoms with Crippen molar-refractivity contribution in [1.29, 1.82) is 0 Å². The molecule has 0 radical (unpaired) electrons. The molecule has 0 aliphatic heterocycles. The van der Waals surface area contributed by atoms with Gasteiger partial charge in [-0.2, -0.15) is 13.2 Å². The fraction of sp³-hybridized carbons (Fsp3) is 0.900. The topological polar surface area (TPSA) is 46.5 Å². The second kappa shape index (κ2) is 5.03. The van der Waals surface area contributed by atoms with Crippen LogP contribution in [0.25, 0.3) is 0 Å². The normalized spacial score (nSPS) is 28.6. The van der Waals surface area contributed by atoms with Gasteiger partial charge in [-0.15, -0.1) is 0 Å². The van der Waals surface area contributed by atoms with Crippen LogP contribution in [0.15, 0.2) is 0 Å². The highest BCUT2D eigenvalue weighted by Gasteiger charge is 2.44. The lowest BCUT2D eigenvalue weighted by molar-refractivity contribution is -0.191. The molecule has 1 rings (SSSR count). The van der Waals surface area contributed by atoms with Gasteiger partial charge in [-0.3, -0.25) is 0 Å². The highest BCUT2D eigenvalue weighted by Crippen LogP contribution is 2.40. The summed E-state index contributed by atoms with van der Waals surface area (Å²) in [5.41, 5.74) is 0. The summed E-state index contributed by atoms with van der Waals surface area (Å²) in [6.07, 6.45) is -4.98. The summed E-state index contributed by atoms with van der Waals surface area (Å²) in [5.74, 6) is -2.91. The number of methoxy groups -OCH3 is 1. The summed E-state index contributed by atoms with van der Waals surface area (Å²) >= 11 is 0. The molecule has 6 heteroatoms. The molecule has 0 bridgehead atoms. The highest BCUT2D eigenvalue weighted by atomic mass is 19.4. The molecule has 0 aromatic carbocycles. The van der Waals surface area contributed by atoms with E-state index < -0.39 is 30.1 Å². The quantitative estimate of drug-likeness (QED) is 0.750. The van der Waals surface area contributed by atoms with Crippen LogP contribution in [0.5, 0.6) is 0 Å². The predicted molar refractivity (Wildman–Crippen MR) is 49.5 cm³/mol. The second-order valence-electron chi connectivity index (χ2n) is 4.13. The second-order valence-corrected chi connectivity index (χ2v) is 4.13. The third kappa shape index (κ3) is 3.10. The van der Waals surface area contributed by atoms with Crippen LogP contribution in [-0.4, -0.2) is 30.5 Å². The lowest BCUT2D eigenvalue weighted by atomic mass is 9.78. The molecule has 3 atom stereocenters. The summed E-state index contributed by atoms with van der Waals surface area (Å²) in [5, 5.41) is 9.48. The highest BCUT2D eigenvalue weighted by molar-refractivity contribution is 5.74. The monoisotopic (exact) mass is 240 g/mol. The van der Waals surface area contributed by atoms with Crippen molar-refractivity contribution in [1.82, 2.24) is 0 Å². The number of hydrogen-bond donors (Lipinski definition) is 1. The molecule has 16 heavy (non-hydrogen) atoms. The minimum atomic E-state index is -4.24. The summed E-state index contributed by atoms with van der Waals surface area (Å²) < 4.78 is 41.7. The average Bonchev–Trinajstić information content (AvgIpc) is 2.26. The van der Waals surface area contributed by atoms with Gasteiger partial charge in [-0.25, -0.2) is 4.79 Å². The van der Waals surface area contributed by atoms with Crippen molar-refractivity contribution in [3.63, 3.8) is 0 Å². The minimum Gasteiger partial charge on any atom is -0.467 e. The maximum Gasteiger partial charge on any atom is 0.391 e. The molecule has 1 aliphatic carbocycles. The number of esters is 1. The van der Waals surface area contributed by atoms with Crippen molar-refractivity contribution in [3.8, 4) is 0 Å². The van der Waals surface area contributed by atoms with E-state index in [0.717, 1.165) is 7.11 Å². The number of carbonyl (C=O) groups excluding carboxylic acids is 1. The Morgan fingerprint density at radius 3 is 2.56 bits per heavy atom. The Labute approximate surface area is 91.6 Å². The lowest BCUT2D eigenvalue weighted by Gasteiger charge is -2.32. The van der Waals surface area contributed by atoms with Gasteiger partial charge in [-0.05, 0) is 25.2 Å². The van der Waals surface area contributed by atoms with E-state index in [2.05, 4.69) is 4.74 Å². The molecular weight excluding hydrogens is 225 g/mol. The fourth-order valence-corrected chi connectivity index (χ4v) is 2.12. The van der Waals surface area contributed by atoms with Crippen LogP contribution in [0.3, 0.4) is 0 Å². The third-order valence-corrected chi connectivity index (χ3v) is 3.07. The molecule has 1 aliphatic rings. The summed E-state index contributed by atoms with van der Waals surface area (Å²) in [7, 11) is 1.11. The van der Waals surface area contributed by atoms with E-state index in [-0.39, 0.29) is 12.8 Å². The van der Waals surface area contributed by atoms with Crippen molar-refractivity contribution in [2.75, 3.05) is 7.11 Å². The molecule has 94 valence electrons. The molecule has 1 fully saturated rings. The minimum absolute atomic E-state index is 0.0773. The van der Waals surface area contributed by atoms with Crippen LogP contribution >= 0.6 is 0 Å². The number of halogens is 3. The van der Waals surface area contributed by atoms with Crippen LogP contribution in [0.2, 0.25) is 0 Å². The van der Waals surface area contributed by atoms with E-state index >= 15 is 0 Å². The van der Waals surface area contributed by atoms with Gasteiger partial charge < -0.3 is 9.84 Å². The predicted octanol–water partition coefficient (Wildman–Crippen LogP) is 1.89. The molecule has 0 aromatic rings. The maximum absolute atomic E-state index is 12.5. The van der Waals surface area contributed by atoms with Crippen LogP contribution in [0.4, 0.5) is 13.2 Å². The van der Waals surface area contributed by atoms with E-state index in [9.17, 15) is 23.1 Å². The zero-order valence-electron chi connectivity index (χ0n) is 8.96. The van der Waals surface area contributed by atoms with Gasteiger partial charge in [0.2, 0.25) is 0 Å². The smallest absolute Gasteiger partial charge is 0.391 e. The first kappa shape index (κ1) is 13.3. The maximum atomic E-state index is 12.5. The summed E-state index contributed by atoms with van der Waals surface area (Å²) in [6.45, 7) is 0. The van der Waals surface area contributed by atoms with Gasteiger partial charge in [0.15, 0.2) is 6.10 Å². The summed E-state index contributed by atoms with van der Waals surface area (Å²) in [6, 6.07) is 0.